The number of para-hydroxylation sites is 1. The van der Waals surface area contributed by atoms with Gasteiger partial charge in [-0.2, -0.15) is 0 Å². The number of carbonyl (C=O) groups is 3. The number of anilines is 1. The summed E-state index contributed by atoms with van der Waals surface area (Å²) in [6.07, 6.45) is 0.193. The first-order chi connectivity index (χ1) is 17.7. The molecule has 1 fully saturated rings. The minimum absolute atomic E-state index is 0.0135. The van der Waals surface area contributed by atoms with Crippen LogP contribution in [0.1, 0.15) is 42.2 Å². The van der Waals surface area contributed by atoms with Crippen molar-refractivity contribution in [3.8, 4) is 0 Å². The van der Waals surface area contributed by atoms with E-state index in [1.807, 2.05) is 25.1 Å². The van der Waals surface area contributed by atoms with Gasteiger partial charge in [0.25, 0.3) is 11.8 Å². The number of nitrogens with zero attached hydrogens (tertiary/aromatic N) is 3. The molecule has 3 heterocycles. The Labute approximate surface area is 212 Å². The minimum Gasteiger partial charge on any atom is -0.350 e. The Balaban J connectivity index is 1.45. The molecule has 3 amide bonds. The second-order valence-corrected chi connectivity index (χ2v) is 9.61. The van der Waals surface area contributed by atoms with Crippen molar-refractivity contribution in [2.45, 2.75) is 43.8 Å². The summed E-state index contributed by atoms with van der Waals surface area (Å²) < 4.78 is 27.8. The lowest BCUT2D eigenvalue weighted by molar-refractivity contribution is -0.136. The molecule has 0 bridgehead atoms. The standard InChI is InChI=1S/C27H25F2N5O3/c1-4-7-22(33(3)24(35)21-12-16-18(29)10-15(28)11-20(16)31-21)25(36)34-14-27(13-23(34)30-2)17-8-5-6-9-19(17)32-26(27)37/h5-6,8-12,22-23,31H,4,7,13-14H2,1,3H3,(H,32,37)/t22-,23-,27-/m0/s1. The lowest BCUT2D eigenvalue weighted by Gasteiger charge is -2.31. The minimum atomic E-state index is -1.03. The number of amides is 3. The van der Waals surface area contributed by atoms with Gasteiger partial charge in [-0.1, -0.05) is 31.5 Å². The van der Waals surface area contributed by atoms with E-state index in [0.29, 0.717) is 18.5 Å². The Morgan fingerprint density at radius 3 is 2.76 bits per heavy atom. The summed E-state index contributed by atoms with van der Waals surface area (Å²) in [6.45, 7) is 9.64. The number of carbonyl (C=O) groups excluding carboxylic acids is 3. The maximum Gasteiger partial charge on any atom is 0.302 e. The van der Waals surface area contributed by atoms with E-state index in [1.165, 1.54) is 22.9 Å². The fraction of sp³-hybridized carbons (Fsp3) is 0.333. The molecule has 1 aromatic heterocycles. The second-order valence-electron chi connectivity index (χ2n) is 9.61. The van der Waals surface area contributed by atoms with E-state index in [9.17, 15) is 23.2 Å². The molecule has 10 heteroatoms. The summed E-state index contributed by atoms with van der Waals surface area (Å²) in [4.78, 5) is 49.3. The maximum absolute atomic E-state index is 14.2. The lowest BCUT2D eigenvalue weighted by atomic mass is 9.80. The molecule has 2 aliphatic rings. The van der Waals surface area contributed by atoms with Crippen LogP contribution in [0.5, 0.6) is 0 Å². The van der Waals surface area contributed by atoms with Gasteiger partial charge < -0.3 is 15.2 Å². The summed E-state index contributed by atoms with van der Waals surface area (Å²) in [5, 5.41) is 2.93. The Morgan fingerprint density at radius 2 is 2.03 bits per heavy atom. The number of hydrogen-bond acceptors (Lipinski definition) is 3. The second kappa shape index (κ2) is 9.00. The first kappa shape index (κ1) is 24.4. The molecule has 8 nitrogen and oxygen atoms in total. The monoisotopic (exact) mass is 505 g/mol. The highest BCUT2D eigenvalue weighted by Crippen LogP contribution is 2.47. The van der Waals surface area contributed by atoms with Crippen molar-refractivity contribution >= 4 is 34.3 Å². The molecule has 0 radical (unpaired) electrons. The first-order valence-electron chi connectivity index (χ1n) is 12.0. The molecule has 5 rings (SSSR count). The van der Waals surface area contributed by atoms with Gasteiger partial charge in [-0.3, -0.25) is 24.1 Å². The van der Waals surface area contributed by atoms with Crippen molar-refractivity contribution < 1.29 is 23.2 Å². The van der Waals surface area contributed by atoms with Gasteiger partial charge in [0.05, 0.1) is 11.9 Å². The molecule has 2 aromatic carbocycles. The van der Waals surface area contributed by atoms with Crippen LogP contribution in [-0.4, -0.2) is 58.3 Å². The number of hydrogen-bond donors (Lipinski definition) is 2. The number of fused-ring (bicyclic) bond motifs is 3. The summed E-state index contributed by atoms with van der Waals surface area (Å²) >= 11 is 0. The van der Waals surface area contributed by atoms with Gasteiger partial charge in [-0.15, -0.1) is 0 Å². The van der Waals surface area contributed by atoms with Crippen LogP contribution >= 0.6 is 0 Å². The molecule has 0 unspecified atom stereocenters. The molecule has 2 aliphatic heterocycles. The molecule has 1 spiro atoms. The number of H-pyrrole nitrogens is 1. The largest absolute Gasteiger partial charge is 0.350 e. The highest BCUT2D eigenvalue weighted by molar-refractivity contribution is 6.07. The number of benzene rings is 2. The molecule has 190 valence electrons. The van der Waals surface area contributed by atoms with Gasteiger partial charge in [0.15, 0.2) is 0 Å². The summed E-state index contributed by atoms with van der Waals surface area (Å²) in [5.41, 5.74) is 0.547. The van der Waals surface area contributed by atoms with E-state index in [4.69, 9.17) is 6.57 Å². The number of likely N-dealkylation sites (tertiary alicyclic amines) is 1. The van der Waals surface area contributed by atoms with Gasteiger partial charge in [-0.05, 0) is 30.2 Å². The predicted octanol–water partition coefficient (Wildman–Crippen LogP) is 4.05. The fourth-order valence-corrected chi connectivity index (χ4v) is 5.51. The Morgan fingerprint density at radius 1 is 1.27 bits per heavy atom. The van der Waals surface area contributed by atoms with E-state index in [2.05, 4.69) is 15.1 Å². The SMILES string of the molecule is [C-]#[N+][C@@H]1C[C@@]2(CN1C(=O)[C@H](CCC)N(C)C(=O)c1cc3c(F)cc(F)cc3[nH]1)C(=O)Nc1ccccc12. The maximum atomic E-state index is 14.2. The van der Waals surface area contributed by atoms with Crippen molar-refractivity contribution in [2.24, 2.45) is 0 Å². The van der Waals surface area contributed by atoms with Gasteiger partial charge in [0, 0.05) is 30.7 Å². The Bertz CT molecular complexity index is 1480. The Hall–Kier alpha value is -4.26. The summed E-state index contributed by atoms with van der Waals surface area (Å²) in [5.74, 6) is -2.82. The van der Waals surface area contributed by atoms with Crippen LogP contribution in [0.4, 0.5) is 14.5 Å². The zero-order valence-electron chi connectivity index (χ0n) is 20.3. The number of rotatable bonds is 5. The fourth-order valence-electron chi connectivity index (χ4n) is 5.51. The van der Waals surface area contributed by atoms with Crippen molar-refractivity contribution in [3.05, 3.63) is 76.8 Å². The van der Waals surface area contributed by atoms with Crippen LogP contribution < -0.4 is 5.32 Å². The number of aromatic amines is 1. The van der Waals surface area contributed by atoms with Crippen molar-refractivity contribution in [1.29, 1.82) is 0 Å². The summed E-state index contributed by atoms with van der Waals surface area (Å²) in [7, 11) is 1.47. The molecule has 0 aliphatic carbocycles. The molecular weight excluding hydrogens is 480 g/mol. The zero-order chi connectivity index (χ0) is 26.5. The Kier molecular flexibility index (Phi) is 5.94. The molecule has 1 saturated heterocycles. The van der Waals surface area contributed by atoms with Gasteiger partial charge >= 0.3 is 6.17 Å². The highest BCUT2D eigenvalue weighted by atomic mass is 19.1. The topological polar surface area (TPSA) is 89.9 Å². The number of likely N-dealkylation sites (N-methyl/N-ethyl adjacent to an activating group) is 1. The van der Waals surface area contributed by atoms with Crippen LogP contribution in [0, 0.1) is 18.2 Å². The molecular formula is C27H25F2N5O3. The molecule has 0 saturated carbocycles. The third-order valence-electron chi connectivity index (χ3n) is 7.41. The van der Waals surface area contributed by atoms with Gasteiger partial charge in [0.1, 0.15) is 28.8 Å². The van der Waals surface area contributed by atoms with Crippen molar-refractivity contribution in [2.75, 3.05) is 18.9 Å². The average molecular weight is 506 g/mol. The van der Waals surface area contributed by atoms with Gasteiger partial charge in [0.2, 0.25) is 5.91 Å². The highest BCUT2D eigenvalue weighted by Gasteiger charge is 2.59. The van der Waals surface area contributed by atoms with E-state index >= 15 is 0 Å². The van der Waals surface area contributed by atoms with E-state index < -0.39 is 41.1 Å². The van der Waals surface area contributed by atoms with E-state index in [1.54, 1.807) is 6.07 Å². The molecule has 3 atom stereocenters. The third kappa shape index (κ3) is 3.82. The first-order valence-corrected chi connectivity index (χ1v) is 12.0. The molecule has 3 aromatic rings. The van der Waals surface area contributed by atoms with Crippen LogP contribution in [0.3, 0.4) is 0 Å². The molecule has 2 N–H and O–H groups in total. The molecule has 37 heavy (non-hydrogen) atoms. The number of aromatic nitrogens is 1. The van der Waals surface area contributed by atoms with Crippen molar-refractivity contribution in [1.82, 2.24) is 14.8 Å². The van der Waals surface area contributed by atoms with Gasteiger partial charge in [-0.25, -0.2) is 15.4 Å². The number of halogens is 2. The average Bonchev–Trinajstić information content (AvgIpc) is 3.56. The number of nitrogens with one attached hydrogen (secondary N) is 2. The van der Waals surface area contributed by atoms with E-state index in [-0.39, 0.29) is 35.5 Å². The van der Waals surface area contributed by atoms with Crippen LogP contribution in [0.15, 0.2) is 42.5 Å². The predicted molar refractivity (Wildman–Crippen MR) is 132 cm³/mol. The lowest BCUT2D eigenvalue weighted by Crippen LogP contribution is -2.51. The van der Waals surface area contributed by atoms with Crippen LogP contribution in [0.25, 0.3) is 15.7 Å². The zero-order valence-corrected chi connectivity index (χ0v) is 20.3. The van der Waals surface area contributed by atoms with Crippen molar-refractivity contribution in [3.63, 3.8) is 0 Å². The van der Waals surface area contributed by atoms with Crippen LogP contribution in [-0.2, 0) is 15.0 Å². The quantitative estimate of drug-likeness (QED) is 0.513. The van der Waals surface area contributed by atoms with Crippen LogP contribution in [0.2, 0.25) is 0 Å². The third-order valence-corrected chi connectivity index (χ3v) is 7.41. The summed E-state index contributed by atoms with van der Waals surface area (Å²) in [6, 6.07) is 9.47. The van der Waals surface area contributed by atoms with E-state index in [0.717, 1.165) is 17.7 Å². The normalized spacial score (nSPS) is 21.1. The smallest absolute Gasteiger partial charge is 0.302 e.